The van der Waals surface area contributed by atoms with E-state index in [1.165, 1.54) is 11.1 Å². The summed E-state index contributed by atoms with van der Waals surface area (Å²) in [5.74, 6) is -0.0162. The standard InChI is InChI=1S/C25H31N3O2/c1-19-10-12-20(13-11-19)17-27-14-6-7-21(18-27)24(29)26-23-9-3-2-8-22(23)25(30)28-15-4-5-16-28/h2-3,8-13,21H,4-7,14-18H2,1H3,(H,26,29). The van der Waals surface area contributed by atoms with Crippen molar-refractivity contribution >= 4 is 17.5 Å². The number of aryl methyl sites for hydroxylation is 1. The van der Waals surface area contributed by atoms with Crippen molar-refractivity contribution in [3.05, 3.63) is 65.2 Å². The van der Waals surface area contributed by atoms with E-state index in [4.69, 9.17) is 0 Å². The lowest BCUT2D eigenvalue weighted by Crippen LogP contribution is -2.40. The Bertz CT molecular complexity index is 888. The van der Waals surface area contributed by atoms with Gasteiger partial charge in [0.2, 0.25) is 5.91 Å². The van der Waals surface area contributed by atoms with Gasteiger partial charge in [0.15, 0.2) is 0 Å². The van der Waals surface area contributed by atoms with Crippen molar-refractivity contribution in [1.82, 2.24) is 9.80 Å². The Morgan fingerprint density at radius 1 is 0.967 bits per heavy atom. The molecule has 1 N–H and O–H groups in total. The molecule has 5 heteroatoms. The smallest absolute Gasteiger partial charge is 0.255 e. The quantitative estimate of drug-likeness (QED) is 0.815. The van der Waals surface area contributed by atoms with Gasteiger partial charge >= 0.3 is 0 Å². The first-order valence-electron chi connectivity index (χ1n) is 11.1. The maximum atomic E-state index is 13.0. The third-order valence-electron chi connectivity index (χ3n) is 6.21. The van der Waals surface area contributed by atoms with Crippen molar-refractivity contribution in [2.75, 3.05) is 31.5 Å². The van der Waals surface area contributed by atoms with Crippen LogP contribution in [-0.2, 0) is 11.3 Å². The topological polar surface area (TPSA) is 52.7 Å². The summed E-state index contributed by atoms with van der Waals surface area (Å²) in [5, 5.41) is 3.06. The molecule has 2 aromatic carbocycles. The summed E-state index contributed by atoms with van der Waals surface area (Å²) in [4.78, 5) is 30.2. The van der Waals surface area contributed by atoms with Gasteiger partial charge in [-0.3, -0.25) is 14.5 Å². The van der Waals surface area contributed by atoms with Gasteiger partial charge in [0.25, 0.3) is 5.91 Å². The van der Waals surface area contributed by atoms with E-state index in [1.807, 2.05) is 29.2 Å². The molecule has 2 aliphatic rings. The number of likely N-dealkylation sites (tertiary alicyclic amines) is 2. The van der Waals surface area contributed by atoms with Crippen LogP contribution >= 0.6 is 0 Å². The average Bonchev–Trinajstić information content (AvgIpc) is 3.30. The van der Waals surface area contributed by atoms with Gasteiger partial charge in [-0.1, -0.05) is 42.0 Å². The molecule has 2 fully saturated rings. The van der Waals surface area contributed by atoms with E-state index in [1.54, 1.807) is 0 Å². The summed E-state index contributed by atoms with van der Waals surface area (Å²) in [6.07, 6.45) is 4.01. The SMILES string of the molecule is Cc1ccc(CN2CCCC(C(=O)Nc3ccccc3C(=O)N3CCCC3)C2)cc1. The minimum Gasteiger partial charge on any atom is -0.339 e. The zero-order valence-electron chi connectivity index (χ0n) is 17.8. The zero-order valence-corrected chi connectivity index (χ0v) is 17.8. The second kappa shape index (κ2) is 9.43. The van der Waals surface area contributed by atoms with Gasteiger partial charge in [-0.05, 0) is 56.8 Å². The van der Waals surface area contributed by atoms with Crippen LogP contribution in [-0.4, -0.2) is 47.8 Å². The van der Waals surface area contributed by atoms with Crippen molar-refractivity contribution in [2.24, 2.45) is 5.92 Å². The number of nitrogens with one attached hydrogen (secondary N) is 1. The van der Waals surface area contributed by atoms with Crippen LogP contribution in [0.4, 0.5) is 5.69 Å². The number of amides is 2. The molecule has 2 aromatic rings. The molecular formula is C25H31N3O2. The van der Waals surface area contributed by atoms with E-state index < -0.39 is 0 Å². The van der Waals surface area contributed by atoms with Crippen molar-refractivity contribution in [1.29, 1.82) is 0 Å². The van der Waals surface area contributed by atoms with Crippen LogP contribution in [0.2, 0.25) is 0 Å². The third kappa shape index (κ3) is 4.90. The van der Waals surface area contributed by atoms with Gasteiger partial charge < -0.3 is 10.2 Å². The molecule has 0 saturated carbocycles. The molecule has 0 radical (unpaired) electrons. The summed E-state index contributed by atoms with van der Waals surface area (Å²) in [5.41, 5.74) is 3.77. The van der Waals surface area contributed by atoms with Crippen LogP contribution in [0.3, 0.4) is 0 Å². The predicted octanol–water partition coefficient (Wildman–Crippen LogP) is 4.08. The number of piperidine rings is 1. The molecule has 158 valence electrons. The normalized spacial score (nSPS) is 19.6. The third-order valence-corrected chi connectivity index (χ3v) is 6.21. The van der Waals surface area contributed by atoms with E-state index in [9.17, 15) is 9.59 Å². The molecular weight excluding hydrogens is 374 g/mol. The van der Waals surface area contributed by atoms with E-state index in [2.05, 4.69) is 41.4 Å². The van der Waals surface area contributed by atoms with Crippen LogP contribution in [0.25, 0.3) is 0 Å². The lowest BCUT2D eigenvalue weighted by molar-refractivity contribution is -0.121. The highest BCUT2D eigenvalue weighted by Crippen LogP contribution is 2.24. The number of carbonyl (C=O) groups is 2. The molecule has 1 unspecified atom stereocenters. The molecule has 2 saturated heterocycles. The Morgan fingerprint density at radius 2 is 1.70 bits per heavy atom. The summed E-state index contributed by atoms with van der Waals surface area (Å²) >= 11 is 0. The monoisotopic (exact) mass is 405 g/mol. The Balaban J connectivity index is 1.40. The Morgan fingerprint density at radius 3 is 2.47 bits per heavy atom. The average molecular weight is 406 g/mol. The molecule has 0 spiro atoms. The summed E-state index contributed by atoms with van der Waals surface area (Å²) in [6.45, 7) is 6.34. The summed E-state index contributed by atoms with van der Waals surface area (Å²) in [6, 6.07) is 16.0. The van der Waals surface area contributed by atoms with Gasteiger partial charge in [0.1, 0.15) is 0 Å². The number of para-hydroxylation sites is 1. The van der Waals surface area contributed by atoms with Crippen LogP contribution in [0.15, 0.2) is 48.5 Å². The van der Waals surface area contributed by atoms with Gasteiger partial charge in [-0.15, -0.1) is 0 Å². The maximum absolute atomic E-state index is 13.0. The lowest BCUT2D eigenvalue weighted by atomic mass is 9.96. The van der Waals surface area contributed by atoms with Crippen molar-refractivity contribution in [2.45, 2.75) is 39.2 Å². The first-order chi connectivity index (χ1) is 14.6. The number of carbonyl (C=O) groups excluding carboxylic acids is 2. The lowest BCUT2D eigenvalue weighted by Gasteiger charge is -2.32. The molecule has 2 amide bonds. The van der Waals surface area contributed by atoms with E-state index >= 15 is 0 Å². The zero-order chi connectivity index (χ0) is 20.9. The first-order valence-corrected chi connectivity index (χ1v) is 11.1. The molecule has 0 bridgehead atoms. The number of hydrogen-bond acceptors (Lipinski definition) is 3. The Hall–Kier alpha value is -2.66. The number of hydrogen-bond donors (Lipinski definition) is 1. The fourth-order valence-corrected chi connectivity index (χ4v) is 4.47. The Labute approximate surface area is 179 Å². The van der Waals surface area contributed by atoms with Gasteiger partial charge in [-0.25, -0.2) is 0 Å². The molecule has 1 atom stereocenters. The van der Waals surface area contributed by atoms with Crippen LogP contribution in [0, 0.1) is 12.8 Å². The van der Waals surface area contributed by atoms with Gasteiger partial charge in [-0.2, -0.15) is 0 Å². The molecule has 30 heavy (non-hydrogen) atoms. The van der Waals surface area contributed by atoms with Gasteiger partial charge in [0.05, 0.1) is 17.2 Å². The molecule has 4 rings (SSSR count). The van der Waals surface area contributed by atoms with Crippen LogP contribution < -0.4 is 5.32 Å². The highest BCUT2D eigenvalue weighted by atomic mass is 16.2. The number of nitrogens with zero attached hydrogens (tertiary/aromatic N) is 2. The molecule has 0 aromatic heterocycles. The number of anilines is 1. The second-order valence-electron chi connectivity index (χ2n) is 8.59. The van der Waals surface area contributed by atoms with E-state index in [0.29, 0.717) is 11.3 Å². The van der Waals surface area contributed by atoms with E-state index in [-0.39, 0.29) is 17.7 Å². The van der Waals surface area contributed by atoms with Crippen LogP contribution in [0.1, 0.15) is 47.2 Å². The molecule has 2 aliphatic heterocycles. The minimum atomic E-state index is -0.0563. The van der Waals surface area contributed by atoms with Crippen molar-refractivity contribution < 1.29 is 9.59 Å². The largest absolute Gasteiger partial charge is 0.339 e. The summed E-state index contributed by atoms with van der Waals surface area (Å²) < 4.78 is 0. The van der Waals surface area contributed by atoms with Crippen molar-refractivity contribution in [3.63, 3.8) is 0 Å². The fraction of sp³-hybridized carbons (Fsp3) is 0.440. The number of rotatable bonds is 5. The first kappa shape index (κ1) is 20.6. The minimum absolute atomic E-state index is 0.0188. The second-order valence-corrected chi connectivity index (χ2v) is 8.59. The molecule has 2 heterocycles. The number of benzene rings is 2. The Kier molecular flexibility index (Phi) is 6.48. The highest BCUT2D eigenvalue weighted by molar-refractivity contribution is 6.04. The van der Waals surface area contributed by atoms with Crippen molar-refractivity contribution in [3.8, 4) is 0 Å². The van der Waals surface area contributed by atoms with Gasteiger partial charge in [0, 0.05) is 26.2 Å². The molecule has 0 aliphatic carbocycles. The maximum Gasteiger partial charge on any atom is 0.255 e. The summed E-state index contributed by atoms with van der Waals surface area (Å²) in [7, 11) is 0. The van der Waals surface area contributed by atoms with E-state index in [0.717, 1.165) is 58.4 Å². The molecule has 5 nitrogen and oxygen atoms in total. The highest BCUT2D eigenvalue weighted by Gasteiger charge is 2.27. The predicted molar refractivity (Wildman–Crippen MR) is 119 cm³/mol. The fourth-order valence-electron chi connectivity index (χ4n) is 4.47. The van der Waals surface area contributed by atoms with Crippen LogP contribution in [0.5, 0.6) is 0 Å².